The Morgan fingerprint density at radius 2 is 1.54 bits per heavy atom. The van der Waals surface area contributed by atoms with Crippen LogP contribution in [0, 0.1) is 29.2 Å². The van der Waals surface area contributed by atoms with E-state index < -0.39 is 34.8 Å². The molecule has 2 aromatic rings. The first-order valence-electron chi connectivity index (χ1n) is 8.50. The summed E-state index contributed by atoms with van der Waals surface area (Å²) in [5, 5.41) is 9.18. The van der Waals surface area contributed by atoms with Gasteiger partial charge in [0.25, 0.3) is 0 Å². The van der Waals surface area contributed by atoms with Gasteiger partial charge in [-0.2, -0.15) is 0 Å². The Balaban J connectivity index is 2.20. The zero-order valence-corrected chi connectivity index (χ0v) is 14.2. The van der Waals surface area contributed by atoms with Gasteiger partial charge in [0.1, 0.15) is 5.82 Å². The van der Waals surface area contributed by atoms with Gasteiger partial charge in [0.2, 0.25) is 0 Å². The lowest BCUT2D eigenvalue weighted by molar-refractivity contribution is 0.0692. The van der Waals surface area contributed by atoms with Crippen molar-refractivity contribution in [2.75, 3.05) is 0 Å². The number of benzene rings is 2. The van der Waals surface area contributed by atoms with E-state index in [1.54, 1.807) is 0 Å². The summed E-state index contributed by atoms with van der Waals surface area (Å²) in [5.74, 6) is -6.56. The number of rotatable bonds is 3. The van der Waals surface area contributed by atoms with Crippen LogP contribution in [0.4, 0.5) is 17.6 Å². The molecule has 2 nitrogen and oxygen atoms in total. The van der Waals surface area contributed by atoms with Crippen molar-refractivity contribution in [3.63, 3.8) is 0 Å². The number of hydrogen-bond donors (Lipinski definition) is 1. The van der Waals surface area contributed by atoms with Gasteiger partial charge in [-0.3, -0.25) is 0 Å². The van der Waals surface area contributed by atoms with Crippen molar-refractivity contribution in [2.24, 2.45) is 5.92 Å². The zero-order valence-electron chi connectivity index (χ0n) is 14.2. The van der Waals surface area contributed by atoms with Crippen LogP contribution in [0.25, 0.3) is 11.1 Å². The van der Waals surface area contributed by atoms with Gasteiger partial charge >= 0.3 is 5.97 Å². The summed E-state index contributed by atoms with van der Waals surface area (Å²) in [6, 6.07) is 4.08. The monoisotopic (exact) mass is 366 g/mol. The molecule has 0 bridgehead atoms. The van der Waals surface area contributed by atoms with E-state index in [2.05, 4.69) is 6.92 Å². The van der Waals surface area contributed by atoms with Gasteiger partial charge in [0.05, 0.1) is 5.56 Å². The molecule has 1 aliphatic rings. The van der Waals surface area contributed by atoms with E-state index in [1.807, 2.05) is 0 Å². The number of hydrogen-bond acceptors (Lipinski definition) is 1. The van der Waals surface area contributed by atoms with Gasteiger partial charge in [-0.15, -0.1) is 0 Å². The number of halogens is 4. The fraction of sp³-hybridized carbons (Fsp3) is 0.350. The average Bonchev–Trinajstić information content (AvgIpc) is 2.59. The van der Waals surface area contributed by atoms with E-state index >= 15 is 0 Å². The minimum Gasteiger partial charge on any atom is -0.478 e. The van der Waals surface area contributed by atoms with Crippen molar-refractivity contribution in [3.8, 4) is 11.1 Å². The molecule has 0 unspecified atom stereocenters. The molecule has 0 heterocycles. The summed E-state index contributed by atoms with van der Waals surface area (Å²) in [5.41, 5.74) is -0.444. The molecule has 0 amide bonds. The summed E-state index contributed by atoms with van der Waals surface area (Å²) in [6.45, 7) is 2.12. The lowest BCUT2D eigenvalue weighted by Gasteiger charge is -2.28. The highest BCUT2D eigenvalue weighted by atomic mass is 19.2. The van der Waals surface area contributed by atoms with Gasteiger partial charge in [0, 0.05) is 5.56 Å². The molecule has 3 rings (SSSR count). The molecule has 0 saturated heterocycles. The normalized spacial score (nSPS) is 20.2. The summed E-state index contributed by atoms with van der Waals surface area (Å²) >= 11 is 0. The molecular formula is C20H18F4O2. The van der Waals surface area contributed by atoms with Crippen molar-refractivity contribution < 1.29 is 27.5 Å². The van der Waals surface area contributed by atoms with Crippen LogP contribution in [0.2, 0.25) is 0 Å². The maximum atomic E-state index is 14.9. The Bertz CT molecular complexity index is 832. The summed E-state index contributed by atoms with van der Waals surface area (Å²) in [6.07, 6.45) is 3.40. The molecule has 6 heteroatoms. The zero-order chi connectivity index (χ0) is 19.0. The van der Waals surface area contributed by atoms with E-state index in [0.717, 1.165) is 25.7 Å². The van der Waals surface area contributed by atoms with Crippen LogP contribution in [0.1, 0.15) is 54.4 Å². The van der Waals surface area contributed by atoms with Gasteiger partial charge < -0.3 is 5.11 Å². The minimum atomic E-state index is -1.64. The van der Waals surface area contributed by atoms with Crippen LogP contribution < -0.4 is 0 Å². The lowest BCUT2D eigenvalue weighted by atomic mass is 9.77. The first-order chi connectivity index (χ1) is 12.3. The molecule has 1 N–H and O–H groups in total. The molecule has 0 spiro atoms. The van der Waals surface area contributed by atoms with Gasteiger partial charge in [0.15, 0.2) is 17.5 Å². The van der Waals surface area contributed by atoms with Crippen LogP contribution in [-0.2, 0) is 0 Å². The number of carbonyl (C=O) groups is 1. The second-order valence-electron chi connectivity index (χ2n) is 6.91. The molecule has 2 aromatic carbocycles. The SMILES string of the molecule is CC1CCC(c2ccc(C(=O)O)c(F)c2-c2cc(F)c(F)c(F)c2)CC1. The Kier molecular flexibility index (Phi) is 5.03. The number of carboxylic acid groups (broad SMARTS) is 1. The summed E-state index contributed by atoms with van der Waals surface area (Å²) in [7, 11) is 0. The van der Waals surface area contributed by atoms with Crippen LogP contribution in [-0.4, -0.2) is 11.1 Å². The second-order valence-corrected chi connectivity index (χ2v) is 6.91. The molecule has 138 valence electrons. The predicted octanol–water partition coefficient (Wildman–Crippen LogP) is 5.90. The predicted molar refractivity (Wildman–Crippen MR) is 89.0 cm³/mol. The van der Waals surface area contributed by atoms with Crippen molar-refractivity contribution in [3.05, 3.63) is 58.7 Å². The first kappa shape index (κ1) is 18.4. The van der Waals surface area contributed by atoms with Gasteiger partial charge in [-0.25, -0.2) is 22.4 Å². The van der Waals surface area contributed by atoms with Crippen LogP contribution in [0.5, 0.6) is 0 Å². The molecule has 26 heavy (non-hydrogen) atoms. The largest absolute Gasteiger partial charge is 0.478 e. The fourth-order valence-corrected chi connectivity index (χ4v) is 3.66. The van der Waals surface area contributed by atoms with Crippen molar-refractivity contribution in [1.29, 1.82) is 0 Å². The third kappa shape index (κ3) is 3.32. The molecular weight excluding hydrogens is 348 g/mol. The molecule has 0 radical (unpaired) electrons. The third-order valence-electron chi connectivity index (χ3n) is 5.13. The Hall–Kier alpha value is -2.37. The Morgan fingerprint density at radius 1 is 0.962 bits per heavy atom. The molecule has 0 aliphatic heterocycles. The van der Waals surface area contributed by atoms with Crippen LogP contribution >= 0.6 is 0 Å². The van der Waals surface area contributed by atoms with Gasteiger partial charge in [-0.1, -0.05) is 25.8 Å². The molecule has 0 atom stereocenters. The average molecular weight is 366 g/mol. The van der Waals surface area contributed by atoms with E-state index in [1.165, 1.54) is 12.1 Å². The first-order valence-corrected chi connectivity index (χ1v) is 8.50. The Morgan fingerprint density at radius 3 is 2.08 bits per heavy atom. The van der Waals surface area contributed by atoms with Gasteiger partial charge in [-0.05, 0) is 54.0 Å². The summed E-state index contributed by atoms with van der Waals surface area (Å²) in [4.78, 5) is 11.3. The smallest absolute Gasteiger partial charge is 0.338 e. The quantitative estimate of drug-likeness (QED) is 0.542. The number of carboxylic acids is 1. The maximum absolute atomic E-state index is 14.9. The highest BCUT2D eigenvalue weighted by Crippen LogP contribution is 2.42. The summed E-state index contributed by atoms with van der Waals surface area (Å²) < 4.78 is 55.6. The Labute approximate surface area is 148 Å². The number of aromatic carboxylic acids is 1. The maximum Gasteiger partial charge on any atom is 0.338 e. The van der Waals surface area contributed by atoms with Crippen LogP contribution in [0.3, 0.4) is 0 Å². The molecule has 0 aromatic heterocycles. The van der Waals surface area contributed by atoms with Crippen LogP contribution in [0.15, 0.2) is 24.3 Å². The minimum absolute atomic E-state index is 0.0466. The van der Waals surface area contributed by atoms with E-state index in [-0.39, 0.29) is 17.0 Å². The standard InChI is InChI=1S/C20H18F4O2/c1-10-2-4-11(5-3-10)13-6-7-14(20(25)26)18(23)17(13)12-8-15(21)19(24)16(22)9-12/h6-11H,2-5H2,1H3,(H,25,26). The molecule has 1 aliphatic carbocycles. The topological polar surface area (TPSA) is 37.3 Å². The highest BCUT2D eigenvalue weighted by molar-refractivity contribution is 5.90. The van der Waals surface area contributed by atoms with E-state index in [9.17, 15) is 27.5 Å². The molecule has 1 fully saturated rings. The third-order valence-corrected chi connectivity index (χ3v) is 5.13. The lowest BCUT2D eigenvalue weighted by Crippen LogP contribution is -2.14. The van der Waals surface area contributed by atoms with E-state index in [0.29, 0.717) is 23.6 Å². The fourth-order valence-electron chi connectivity index (χ4n) is 3.66. The second kappa shape index (κ2) is 7.09. The molecule has 1 saturated carbocycles. The highest BCUT2D eigenvalue weighted by Gasteiger charge is 2.27. The van der Waals surface area contributed by atoms with Crippen molar-refractivity contribution in [1.82, 2.24) is 0 Å². The van der Waals surface area contributed by atoms with Crippen molar-refractivity contribution in [2.45, 2.75) is 38.5 Å². The van der Waals surface area contributed by atoms with E-state index in [4.69, 9.17) is 0 Å². The van der Waals surface area contributed by atoms with Crippen molar-refractivity contribution >= 4 is 5.97 Å².